The smallest absolute Gasteiger partial charge is 0.244 e. The van der Waals surface area contributed by atoms with Crippen molar-refractivity contribution < 1.29 is 28.0 Å². The highest BCUT2D eigenvalue weighted by Gasteiger charge is 2.47. The third-order valence-corrected chi connectivity index (χ3v) is 5.78. The summed E-state index contributed by atoms with van der Waals surface area (Å²) in [5.74, 6) is -3.96. The summed E-state index contributed by atoms with van der Waals surface area (Å²) < 4.78 is 27.4. The van der Waals surface area contributed by atoms with Crippen molar-refractivity contribution in [3.8, 4) is 0 Å². The van der Waals surface area contributed by atoms with Gasteiger partial charge in [0, 0.05) is 19.5 Å². The molecule has 3 rings (SSSR count). The number of fused-ring (bicyclic) bond motifs is 1. The van der Waals surface area contributed by atoms with E-state index in [4.69, 9.17) is 0 Å². The van der Waals surface area contributed by atoms with Gasteiger partial charge in [0.15, 0.2) is 0 Å². The van der Waals surface area contributed by atoms with Crippen LogP contribution in [-0.2, 0) is 19.2 Å². The molecule has 0 unspecified atom stereocenters. The van der Waals surface area contributed by atoms with Crippen LogP contribution in [0.2, 0.25) is 0 Å². The molecule has 1 aromatic rings. The lowest BCUT2D eigenvalue weighted by atomic mass is 9.81. The van der Waals surface area contributed by atoms with Crippen LogP contribution >= 0.6 is 0 Å². The Morgan fingerprint density at radius 2 is 1.67 bits per heavy atom. The molecule has 1 saturated heterocycles. The van der Waals surface area contributed by atoms with Gasteiger partial charge in [0.2, 0.25) is 23.6 Å². The van der Waals surface area contributed by atoms with Gasteiger partial charge >= 0.3 is 0 Å². The lowest BCUT2D eigenvalue weighted by molar-refractivity contribution is -0.141. The van der Waals surface area contributed by atoms with Gasteiger partial charge in [0.25, 0.3) is 0 Å². The van der Waals surface area contributed by atoms with Gasteiger partial charge in [-0.1, -0.05) is 18.9 Å². The topological polar surface area (TPSA) is 86.8 Å². The van der Waals surface area contributed by atoms with Gasteiger partial charge in [0.05, 0.1) is 18.4 Å². The van der Waals surface area contributed by atoms with Gasteiger partial charge in [-0.25, -0.2) is 8.78 Å². The van der Waals surface area contributed by atoms with Crippen LogP contribution in [0.15, 0.2) is 18.2 Å². The Balaban J connectivity index is 1.55. The van der Waals surface area contributed by atoms with Gasteiger partial charge in [0.1, 0.15) is 17.3 Å². The Kier molecular flexibility index (Phi) is 6.79. The third-order valence-electron chi connectivity index (χ3n) is 5.78. The zero-order chi connectivity index (χ0) is 21.8. The molecular formula is C21H25F2N3O4. The molecule has 7 nitrogen and oxygen atoms in total. The summed E-state index contributed by atoms with van der Waals surface area (Å²) in [6, 6.07) is 3.21. The Labute approximate surface area is 173 Å². The highest BCUT2D eigenvalue weighted by molar-refractivity contribution is 6.05. The van der Waals surface area contributed by atoms with E-state index in [1.165, 1.54) is 15.9 Å². The van der Waals surface area contributed by atoms with E-state index >= 15 is 0 Å². The summed E-state index contributed by atoms with van der Waals surface area (Å²) in [6.45, 7) is 1.44. The summed E-state index contributed by atoms with van der Waals surface area (Å²) in [7, 11) is 0. The van der Waals surface area contributed by atoms with Gasteiger partial charge in [-0.2, -0.15) is 0 Å². The third kappa shape index (κ3) is 4.49. The lowest BCUT2D eigenvalue weighted by Crippen LogP contribution is -2.40. The second-order valence-electron chi connectivity index (χ2n) is 7.63. The molecule has 1 aliphatic heterocycles. The highest BCUT2D eigenvalue weighted by atomic mass is 19.1. The second kappa shape index (κ2) is 9.32. The van der Waals surface area contributed by atoms with Crippen LogP contribution in [0.25, 0.3) is 0 Å². The number of likely N-dealkylation sites (tertiary alicyclic amines) is 1. The van der Waals surface area contributed by atoms with Crippen LogP contribution in [0.1, 0.15) is 39.0 Å². The zero-order valence-electron chi connectivity index (χ0n) is 16.8. The molecular weight excluding hydrogens is 396 g/mol. The molecule has 2 aliphatic rings. The molecule has 30 heavy (non-hydrogen) atoms. The van der Waals surface area contributed by atoms with Crippen LogP contribution in [0.5, 0.6) is 0 Å². The Bertz CT molecular complexity index is 816. The van der Waals surface area contributed by atoms with E-state index in [0.717, 1.165) is 25.0 Å². The number of rotatable bonds is 7. The molecule has 0 bridgehead atoms. The summed E-state index contributed by atoms with van der Waals surface area (Å²) >= 11 is 0. The first-order chi connectivity index (χ1) is 14.3. The van der Waals surface area contributed by atoms with Crippen LogP contribution in [0.3, 0.4) is 0 Å². The molecule has 9 heteroatoms. The number of carbonyl (C=O) groups excluding carboxylic acids is 4. The van der Waals surface area contributed by atoms with E-state index in [9.17, 15) is 28.0 Å². The molecule has 1 saturated carbocycles. The predicted octanol–water partition coefficient (Wildman–Crippen LogP) is 2.32. The summed E-state index contributed by atoms with van der Waals surface area (Å²) in [4.78, 5) is 52.1. The van der Waals surface area contributed by atoms with Crippen molar-refractivity contribution in [2.45, 2.75) is 39.0 Å². The van der Waals surface area contributed by atoms with Crippen molar-refractivity contribution in [2.75, 3.05) is 25.0 Å². The normalized spacial score (nSPS) is 20.8. The predicted molar refractivity (Wildman–Crippen MR) is 104 cm³/mol. The Morgan fingerprint density at radius 1 is 1.10 bits per heavy atom. The van der Waals surface area contributed by atoms with Gasteiger partial charge in [-0.05, 0) is 31.9 Å². The average molecular weight is 421 g/mol. The molecule has 2 fully saturated rings. The number of imide groups is 1. The van der Waals surface area contributed by atoms with Gasteiger partial charge < -0.3 is 10.2 Å². The number of anilines is 1. The monoisotopic (exact) mass is 421 g/mol. The van der Waals surface area contributed by atoms with Gasteiger partial charge in [-0.3, -0.25) is 24.1 Å². The number of nitrogens with zero attached hydrogens (tertiary/aromatic N) is 2. The fraction of sp³-hybridized carbons (Fsp3) is 0.524. The van der Waals surface area contributed by atoms with Crippen LogP contribution in [0, 0.1) is 23.5 Å². The average Bonchev–Trinajstić information content (AvgIpc) is 2.97. The fourth-order valence-electron chi connectivity index (χ4n) is 4.16. The van der Waals surface area contributed by atoms with E-state index < -0.39 is 35.7 Å². The maximum Gasteiger partial charge on any atom is 0.244 e. The van der Waals surface area contributed by atoms with E-state index in [-0.39, 0.29) is 43.2 Å². The summed E-state index contributed by atoms with van der Waals surface area (Å²) in [6.07, 6.45) is 3.15. The number of hydrogen-bond donors (Lipinski definition) is 1. The minimum Gasteiger partial charge on any atom is -0.334 e. The number of halogens is 2. The van der Waals surface area contributed by atoms with Crippen molar-refractivity contribution in [3.63, 3.8) is 0 Å². The zero-order valence-corrected chi connectivity index (χ0v) is 16.8. The maximum atomic E-state index is 13.7. The van der Waals surface area contributed by atoms with Crippen molar-refractivity contribution in [1.29, 1.82) is 0 Å². The molecule has 0 aromatic heterocycles. The Hall–Kier alpha value is -2.84. The number of nitrogens with one attached hydrogen (secondary N) is 1. The van der Waals surface area contributed by atoms with Crippen LogP contribution < -0.4 is 5.32 Å². The molecule has 0 radical (unpaired) electrons. The lowest BCUT2D eigenvalue weighted by Gasteiger charge is -2.22. The minimum absolute atomic E-state index is 0.0242. The van der Waals surface area contributed by atoms with Gasteiger partial charge in [-0.15, -0.1) is 0 Å². The van der Waals surface area contributed by atoms with Crippen molar-refractivity contribution in [3.05, 3.63) is 29.8 Å². The fourth-order valence-corrected chi connectivity index (χ4v) is 4.16. The maximum absolute atomic E-state index is 13.7. The molecule has 1 heterocycles. The number of amides is 4. The second-order valence-corrected chi connectivity index (χ2v) is 7.63. The van der Waals surface area contributed by atoms with Crippen LogP contribution in [0.4, 0.5) is 14.5 Å². The highest BCUT2D eigenvalue weighted by Crippen LogP contribution is 2.38. The standard InChI is InChI=1S/C21H25F2N3O4/c1-2-25(12-17(27)24-19-15(22)8-5-9-16(19)23)18(28)10-11-26-20(29)13-6-3-4-7-14(13)21(26)30/h5,8-9,13-14H,2-4,6-7,10-12H2,1H3,(H,24,27)/t13-,14-/m1/s1. The molecule has 1 N–H and O–H groups in total. The molecule has 0 spiro atoms. The quantitative estimate of drug-likeness (QED) is 0.685. The molecule has 2 atom stereocenters. The first-order valence-corrected chi connectivity index (χ1v) is 10.2. The number of benzene rings is 1. The molecule has 4 amide bonds. The van der Waals surface area contributed by atoms with Crippen molar-refractivity contribution in [2.24, 2.45) is 11.8 Å². The largest absolute Gasteiger partial charge is 0.334 e. The summed E-state index contributed by atoms with van der Waals surface area (Å²) in [5, 5.41) is 2.14. The SMILES string of the molecule is CCN(CC(=O)Nc1c(F)cccc1F)C(=O)CCN1C(=O)[C@@H]2CCCC[C@H]2C1=O. The van der Waals surface area contributed by atoms with Crippen molar-refractivity contribution in [1.82, 2.24) is 9.80 Å². The first kappa shape index (κ1) is 21.9. The van der Waals surface area contributed by atoms with Crippen LogP contribution in [-0.4, -0.2) is 53.1 Å². The van der Waals surface area contributed by atoms with E-state index in [1.807, 2.05) is 0 Å². The molecule has 1 aliphatic carbocycles. The summed E-state index contributed by atoms with van der Waals surface area (Å²) in [5.41, 5.74) is -0.568. The van der Waals surface area contributed by atoms with E-state index in [1.54, 1.807) is 6.92 Å². The number of likely N-dealkylation sites (N-methyl/N-ethyl adjacent to an activating group) is 1. The van der Waals surface area contributed by atoms with Crippen molar-refractivity contribution >= 4 is 29.3 Å². The molecule has 1 aromatic carbocycles. The minimum atomic E-state index is -0.912. The number of carbonyl (C=O) groups is 4. The first-order valence-electron chi connectivity index (χ1n) is 10.2. The number of para-hydroxylation sites is 1. The number of hydrogen-bond acceptors (Lipinski definition) is 4. The molecule has 162 valence electrons. The van der Waals surface area contributed by atoms with E-state index in [0.29, 0.717) is 12.8 Å². The Morgan fingerprint density at radius 3 is 2.20 bits per heavy atom. The van der Waals surface area contributed by atoms with E-state index in [2.05, 4.69) is 5.32 Å².